The highest BCUT2D eigenvalue weighted by Gasteiger charge is 2.16. The van der Waals surface area contributed by atoms with Crippen LogP contribution in [0.15, 0.2) is 0 Å². The van der Waals surface area contributed by atoms with Crippen LogP contribution in [0.4, 0.5) is 4.79 Å². The van der Waals surface area contributed by atoms with Gasteiger partial charge in [0.25, 0.3) is 0 Å². The van der Waals surface area contributed by atoms with Crippen LogP contribution in [-0.4, -0.2) is 24.3 Å². The van der Waals surface area contributed by atoms with E-state index in [2.05, 4.69) is 4.74 Å². The molecule has 1 aliphatic heterocycles. The second kappa shape index (κ2) is 4.14. The number of carbonyl (C=O) groups is 1. The predicted octanol–water partition coefficient (Wildman–Crippen LogP) is 0.339. The van der Waals surface area contributed by atoms with E-state index in [0.29, 0.717) is 13.2 Å². The average molecular weight is 132 g/mol. The van der Waals surface area contributed by atoms with Crippen molar-refractivity contribution in [2.45, 2.75) is 13.8 Å². The average Bonchev–Trinajstić information content (AvgIpc) is 2.23. The Morgan fingerprint density at radius 1 is 1.67 bits per heavy atom. The summed E-state index contributed by atoms with van der Waals surface area (Å²) in [6.45, 7) is 4.94. The lowest BCUT2D eigenvalue weighted by atomic mass is 10.7. The van der Waals surface area contributed by atoms with Gasteiger partial charge in [-0.25, -0.2) is 15.6 Å². The van der Waals surface area contributed by atoms with Crippen molar-refractivity contribution in [1.82, 2.24) is 5.01 Å². The molecule has 0 saturated carbocycles. The van der Waals surface area contributed by atoms with Crippen LogP contribution in [0.5, 0.6) is 0 Å². The molecule has 0 bridgehead atoms. The summed E-state index contributed by atoms with van der Waals surface area (Å²) in [5.74, 6) is 5.04. The first-order valence-electron chi connectivity index (χ1n) is 2.99. The smallest absolute Gasteiger partial charge is 0.424 e. The van der Waals surface area contributed by atoms with E-state index >= 15 is 0 Å². The number of hydrogen-bond donors (Lipinski definition) is 1. The number of ether oxygens (including phenoxy) is 1. The number of carbonyl (C=O) groups excluding carboxylic acids is 1. The van der Waals surface area contributed by atoms with Crippen molar-refractivity contribution >= 4 is 6.09 Å². The van der Waals surface area contributed by atoms with E-state index in [0.717, 1.165) is 5.01 Å². The highest BCUT2D eigenvalue weighted by atomic mass is 16.6. The first kappa shape index (κ1) is 8.23. The van der Waals surface area contributed by atoms with Crippen LogP contribution in [0.3, 0.4) is 0 Å². The van der Waals surface area contributed by atoms with E-state index in [1.807, 2.05) is 13.8 Å². The minimum Gasteiger partial charge on any atom is -0.447 e. The second-order valence-electron chi connectivity index (χ2n) is 1.31. The largest absolute Gasteiger partial charge is 0.447 e. The van der Waals surface area contributed by atoms with Crippen molar-refractivity contribution in [1.29, 1.82) is 0 Å². The molecule has 0 spiro atoms. The van der Waals surface area contributed by atoms with Gasteiger partial charge in [0.2, 0.25) is 0 Å². The lowest BCUT2D eigenvalue weighted by Gasteiger charge is -1.98. The molecule has 2 N–H and O–H groups in total. The van der Waals surface area contributed by atoms with Gasteiger partial charge in [-0.2, -0.15) is 0 Å². The number of cyclic esters (lactones) is 1. The monoisotopic (exact) mass is 132 g/mol. The Morgan fingerprint density at radius 2 is 2.22 bits per heavy atom. The van der Waals surface area contributed by atoms with Crippen LogP contribution in [0.2, 0.25) is 0 Å². The molecule has 0 aromatic heterocycles. The Bertz CT molecular complexity index is 95.0. The Morgan fingerprint density at radius 3 is 2.33 bits per heavy atom. The zero-order valence-electron chi connectivity index (χ0n) is 5.76. The molecule has 0 aromatic carbocycles. The summed E-state index contributed by atoms with van der Waals surface area (Å²) in [5, 5.41) is 1.04. The molecule has 1 aliphatic rings. The first-order chi connectivity index (χ1) is 4.30. The molecule has 0 radical (unpaired) electrons. The van der Waals surface area contributed by atoms with Crippen LogP contribution in [0.25, 0.3) is 0 Å². The van der Waals surface area contributed by atoms with Crippen molar-refractivity contribution in [2.24, 2.45) is 5.84 Å². The Labute approximate surface area is 54.5 Å². The van der Waals surface area contributed by atoms with Crippen LogP contribution in [0, 0.1) is 0 Å². The van der Waals surface area contributed by atoms with Gasteiger partial charge < -0.3 is 4.74 Å². The van der Waals surface area contributed by atoms with E-state index in [1.54, 1.807) is 0 Å². The highest BCUT2D eigenvalue weighted by molar-refractivity contribution is 5.68. The molecule has 0 aliphatic carbocycles. The van der Waals surface area contributed by atoms with Gasteiger partial charge in [-0.3, -0.25) is 0 Å². The summed E-state index contributed by atoms with van der Waals surface area (Å²) in [5.41, 5.74) is 0. The number of rotatable bonds is 0. The molecule has 9 heavy (non-hydrogen) atoms. The fraction of sp³-hybridized carbons (Fsp3) is 0.800. The number of hydrogen-bond acceptors (Lipinski definition) is 3. The van der Waals surface area contributed by atoms with Crippen LogP contribution < -0.4 is 5.84 Å². The van der Waals surface area contributed by atoms with Crippen LogP contribution >= 0.6 is 0 Å². The molecule has 4 heteroatoms. The summed E-state index contributed by atoms with van der Waals surface area (Å²) in [4.78, 5) is 10.2. The molecule has 1 saturated heterocycles. The van der Waals surface area contributed by atoms with E-state index in [4.69, 9.17) is 5.84 Å². The van der Waals surface area contributed by atoms with Gasteiger partial charge >= 0.3 is 6.09 Å². The molecule has 0 atom stereocenters. The molecule has 1 fully saturated rings. The quantitative estimate of drug-likeness (QED) is 0.382. The van der Waals surface area contributed by atoms with Crippen molar-refractivity contribution in [3.63, 3.8) is 0 Å². The number of nitrogens with two attached hydrogens (primary N) is 1. The number of amides is 1. The maximum absolute atomic E-state index is 10.2. The molecule has 54 valence electrons. The van der Waals surface area contributed by atoms with Gasteiger partial charge in [0.15, 0.2) is 0 Å². The van der Waals surface area contributed by atoms with Gasteiger partial charge in [-0.1, -0.05) is 13.8 Å². The molecule has 0 unspecified atom stereocenters. The van der Waals surface area contributed by atoms with Crippen molar-refractivity contribution in [2.75, 3.05) is 13.2 Å². The third-order valence-corrected chi connectivity index (χ3v) is 0.792. The van der Waals surface area contributed by atoms with Gasteiger partial charge in [0.1, 0.15) is 6.61 Å². The van der Waals surface area contributed by atoms with E-state index < -0.39 is 6.09 Å². The van der Waals surface area contributed by atoms with Gasteiger partial charge in [0, 0.05) is 0 Å². The highest BCUT2D eigenvalue weighted by Crippen LogP contribution is 1.93. The molecule has 1 rings (SSSR count). The third kappa shape index (κ3) is 2.32. The normalized spacial score (nSPS) is 16.3. The molecule has 0 aromatic rings. The van der Waals surface area contributed by atoms with Gasteiger partial charge in [-0.05, 0) is 0 Å². The molecule has 4 nitrogen and oxygen atoms in total. The third-order valence-electron chi connectivity index (χ3n) is 0.792. The summed E-state index contributed by atoms with van der Waals surface area (Å²) < 4.78 is 4.43. The minimum absolute atomic E-state index is 0.426. The maximum atomic E-state index is 10.2. The zero-order valence-corrected chi connectivity index (χ0v) is 5.76. The summed E-state index contributed by atoms with van der Waals surface area (Å²) >= 11 is 0. The Kier molecular flexibility index (Phi) is 3.79. The lowest BCUT2D eigenvalue weighted by Crippen LogP contribution is -2.31. The van der Waals surface area contributed by atoms with E-state index in [9.17, 15) is 4.79 Å². The standard InChI is InChI=1S/C3H6N2O2.C2H6/c4-5-1-2-7-3(5)6;1-2/h1-2,4H2;1-2H3. The van der Waals surface area contributed by atoms with Crippen LogP contribution in [0.1, 0.15) is 13.8 Å². The first-order valence-corrected chi connectivity index (χ1v) is 2.99. The topological polar surface area (TPSA) is 55.6 Å². The minimum atomic E-state index is -0.431. The molecule has 1 heterocycles. The number of hydrazine groups is 1. The van der Waals surface area contributed by atoms with Gasteiger partial charge in [-0.15, -0.1) is 0 Å². The maximum Gasteiger partial charge on any atom is 0.424 e. The summed E-state index contributed by atoms with van der Waals surface area (Å²) in [6, 6.07) is 0. The molecular formula is C5H12N2O2. The zero-order chi connectivity index (χ0) is 7.28. The fourth-order valence-corrected chi connectivity index (χ4v) is 0.406. The van der Waals surface area contributed by atoms with Crippen molar-refractivity contribution in [3.05, 3.63) is 0 Å². The van der Waals surface area contributed by atoms with E-state index in [1.165, 1.54) is 0 Å². The molecule has 1 amide bonds. The van der Waals surface area contributed by atoms with Crippen LogP contribution in [-0.2, 0) is 4.74 Å². The van der Waals surface area contributed by atoms with Crippen molar-refractivity contribution in [3.8, 4) is 0 Å². The molecular weight excluding hydrogens is 120 g/mol. The van der Waals surface area contributed by atoms with Crippen molar-refractivity contribution < 1.29 is 9.53 Å². The number of nitrogens with zero attached hydrogens (tertiary/aromatic N) is 1. The lowest BCUT2D eigenvalue weighted by molar-refractivity contribution is 0.159. The fourth-order valence-electron chi connectivity index (χ4n) is 0.406. The second-order valence-corrected chi connectivity index (χ2v) is 1.31. The summed E-state index contributed by atoms with van der Waals surface area (Å²) in [6.07, 6.45) is -0.431. The summed E-state index contributed by atoms with van der Waals surface area (Å²) in [7, 11) is 0. The Hall–Kier alpha value is -0.770. The Balaban J connectivity index is 0.000000291. The SMILES string of the molecule is CC.NN1CCOC1=O. The van der Waals surface area contributed by atoms with E-state index in [-0.39, 0.29) is 0 Å². The van der Waals surface area contributed by atoms with Gasteiger partial charge in [0.05, 0.1) is 6.54 Å². The predicted molar refractivity (Wildman–Crippen MR) is 33.6 cm³/mol.